The van der Waals surface area contributed by atoms with Crippen molar-refractivity contribution in [3.8, 4) is 0 Å². The van der Waals surface area contributed by atoms with E-state index < -0.39 is 6.10 Å². The molecule has 5 nitrogen and oxygen atoms in total. The van der Waals surface area contributed by atoms with Gasteiger partial charge in [0.25, 0.3) is 0 Å². The standard InChI is InChI=1S/C23H32O5/c24-19(20-12-13-21(27-20)22-14-15-23(25)28-22)11-7-2-1-3-8-16-26-17-18-9-5-4-6-10-18/h1-2,4-6,9-10,19-22,24H,3,7-8,11-17H2/b2-1+/t19-,20+,21+,22-/m1/s1. The lowest BCUT2D eigenvalue weighted by atomic mass is 10.0. The predicted molar refractivity (Wildman–Crippen MR) is 107 cm³/mol. The minimum atomic E-state index is -0.457. The second-order valence-corrected chi connectivity index (χ2v) is 7.65. The number of aliphatic hydroxyl groups is 1. The van der Waals surface area contributed by atoms with Gasteiger partial charge in [0.1, 0.15) is 6.10 Å². The number of benzene rings is 1. The highest BCUT2D eigenvalue weighted by molar-refractivity contribution is 5.71. The van der Waals surface area contributed by atoms with Crippen molar-refractivity contribution in [3.05, 3.63) is 48.0 Å². The van der Waals surface area contributed by atoms with Gasteiger partial charge in [0.05, 0.1) is 24.9 Å². The number of carbonyl (C=O) groups excluding carboxylic acids is 1. The van der Waals surface area contributed by atoms with E-state index in [4.69, 9.17) is 14.2 Å². The number of unbranched alkanes of at least 4 members (excludes halogenated alkanes) is 1. The summed E-state index contributed by atoms with van der Waals surface area (Å²) >= 11 is 0. The molecule has 1 aromatic carbocycles. The quantitative estimate of drug-likeness (QED) is 0.353. The minimum absolute atomic E-state index is 0.0440. The van der Waals surface area contributed by atoms with E-state index in [1.165, 1.54) is 5.56 Å². The summed E-state index contributed by atoms with van der Waals surface area (Å²) in [5.41, 5.74) is 1.20. The van der Waals surface area contributed by atoms with Crippen molar-refractivity contribution in [1.29, 1.82) is 0 Å². The molecule has 0 aliphatic carbocycles. The molecule has 0 saturated carbocycles. The second-order valence-electron chi connectivity index (χ2n) is 7.65. The number of ether oxygens (including phenoxy) is 3. The first-order valence-electron chi connectivity index (χ1n) is 10.5. The zero-order chi connectivity index (χ0) is 19.6. The summed E-state index contributed by atoms with van der Waals surface area (Å²) in [6, 6.07) is 10.2. The summed E-state index contributed by atoms with van der Waals surface area (Å²) in [5.74, 6) is -0.131. The molecule has 0 bridgehead atoms. The van der Waals surface area contributed by atoms with Gasteiger partial charge >= 0.3 is 5.97 Å². The molecule has 5 heteroatoms. The fourth-order valence-corrected chi connectivity index (χ4v) is 3.81. The lowest BCUT2D eigenvalue weighted by molar-refractivity contribution is -0.148. The van der Waals surface area contributed by atoms with Gasteiger partial charge in [0.15, 0.2) is 0 Å². The van der Waals surface area contributed by atoms with Crippen LogP contribution in [-0.4, -0.2) is 42.1 Å². The Kier molecular flexibility index (Phi) is 8.52. The number of aliphatic hydroxyl groups excluding tert-OH is 1. The number of esters is 1. The van der Waals surface area contributed by atoms with Gasteiger partial charge in [-0.2, -0.15) is 0 Å². The van der Waals surface area contributed by atoms with Gasteiger partial charge in [-0.3, -0.25) is 4.79 Å². The largest absolute Gasteiger partial charge is 0.460 e. The first-order valence-corrected chi connectivity index (χ1v) is 10.5. The molecule has 0 aromatic heterocycles. The number of cyclic esters (lactones) is 1. The van der Waals surface area contributed by atoms with Crippen LogP contribution in [0.4, 0.5) is 0 Å². The third kappa shape index (κ3) is 6.73. The molecule has 1 N–H and O–H groups in total. The van der Waals surface area contributed by atoms with Crippen LogP contribution in [0.2, 0.25) is 0 Å². The topological polar surface area (TPSA) is 65.0 Å². The van der Waals surface area contributed by atoms with Crippen LogP contribution in [0.15, 0.2) is 42.5 Å². The molecular weight excluding hydrogens is 356 g/mol. The van der Waals surface area contributed by atoms with E-state index in [1.807, 2.05) is 18.2 Å². The normalized spacial score (nSPS) is 26.0. The number of rotatable bonds is 11. The zero-order valence-electron chi connectivity index (χ0n) is 16.5. The van der Waals surface area contributed by atoms with Gasteiger partial charge < -0.3 is 19.3 Å². The molecular formula is C23H32O5. The Morgan fingerprint density at radius 2 is 1.93 bits per heavy atom. The fraction of sp³-hybridized carbons (Fsp3) is 0.609. The maximum absolute atomic E-state index is 11.2. The Labute approximate surface area is 167 Å². The van der Waals surface area contributed by atoms with Crippen LogP contribution in [-0.2, 0) is 25.6 Å². The van der Waals surface area contributed by atoms with Gasteiger partial charge in [-0.05, 0) is 50.5 Å². The molecule has 2 fully saturated rings. The van der Waals surface area contributed by atoms with E-state index in [0.29, 0.717) is 19.4 Å². The molecule has 0 radical (unpaired) electrons. The van der Waals surface area contributed by atoms with Gasteiger partial charge in [-0.25, -0.2) is 0 Å². The van der Waals surface area contributed by atoms with Crippen LogP contribution in [0.25, 0.3) is 0 Å². The maximum atomic E-state index is 11.2. The molecule has 3 rings (SSSR count). The highest BCUT2D eigenvalue weighted by Crippen LogP contribution is 2.31. The maximum Gasteiger partial charge on any atom is 0.306 e. The number of hydrogen-bond acceptors (Lipinski definition) is 5. The molecule has 28 heavy (non-hydrogen) atoms. The van der Waals surface area contributed by atoms with Crippen molar-refractivity contribution >= 4 is 5.97 Å². The fourth-order valence-electron chi connectivity index (χ4n) is 3.81. The van der Waals surface area contributed by atoms with Crippen molar-refractivity contribution in [2.24, 2.45) is 0 Å². The number of hydrogen-bond donors (Lipinski definition) is 1. The lowest BCUT2D eigenvalue weighted by Crippen LogP contribution is -2.30. The monoisotopic (exact) mass is 388 g/mol. The van der Waals surface area contributed by atoms with Crippen molar-refractivity contribution in [1.82, 2.24) is 0 Å². The Morgan fingerprint density at radius 3 is 2.71 bits per heavy atom. The Hall–Kier alpha value is -1.69. The van der Waals surface area contributed by atoms with Crippen LogP contribution < -0.4 is 0 Å². The SMILES string of the molecule is O=C1CC[C@H]([C@@H]2CC[C@@H]([C@H](O)CC/C=C/CCCOCc3ccccc3)O2)O1. The Bertz CT molecular complexity index is 615. The predicted octanol–water partition coefficient (Wildman–Crippen LogP) is 3.93. The first-order chi connectivity index (χ1) is 13.7. The van der Waals surface area contributed by atoms with Crippen molar-refractivity contribution in [3.63, 3.8) is 0 Å². The molecule has 4 atom stereocenters. The number of carbonyl (C=O) groups is 1. The van der Waals surface area contributed by atoms with E-state index in [1.54, 1.807) is 0 Å². The number of allylic oxidation sites excluding steroid dienone is 2. The molecule has 0 amide bonds. The summed E-state index contributed by atoms with van der Waals surface area (Å²) in [4.78, 5) is 11.2. The van der Waals surface area contributed by atoms with E-state index in [9.17, 15) is 9.90 Å². The molecule has 2 aliphatic heterocycles. The van der Waals surface area contributed by atoms with E-state index in [0.717, 1.165) is 45.1 Å². The minimum Gasteiger partial charge on any atom is -0.460 e. The first kappa shape index (κ1) is 21.0. The van der Waals surface area contributed by atoms with Crippen molar-refractivity contribution in [2.75, 3.05) is 6.61 Å². The average Bonchev–Trinajstić information content (AvgIpc) is 3.36. The second kappa shape index (κ2) is 11.3. The molecule has 154 valence electrons. The van der Waals surface area contributed by atoms with Crippen LogP contribution in [0.5, 0.6) is 0 Å². The average molecular weight is 389 g/mol. The zero-order valence-corrected chi connectivity index (χ0v) is 16.5. The summed E-state index contributed by atoms with van der Waals surface area (Å²) in [7, 11) is 0. The highest BCUT2D eigenvalue weighted by atomic mass is 16.6. The van der Waals surface area contributed by atoms with Crippen LogP contribution in [0.3, 0.4) is 0 Å². The third-order valence-corrected chi connectivity index (χ3v) is 5.41. The molecule has 0 unspecified atom stereocenters. The van der Waals surface area contributed by atoms with E-state index >= 15 is 0 Å². The summed E-state index contributed by atoms with van der Waals surface area (Å²) in [5, 5.41) is 10.4. The van der Waals surface area contributed by atoms with E-state index in [-0.39, 0.29) is 24.3 Å². The molecule has 2 aliphatic rings. The van der Waals surface area contributed by atoms with E-state index in [2.05, 4.69) is 24.3 Å². The van der Waals surface area contributed by atoms with Crippen LogP contribution in [0.1, 0.15) is 56.9 Å². The molecule has 2 saturated heterocycles. The van der Waals surface area contributed by atoms with Gasteiger partial charge in [0, 0.05) is 13.0 Å². The van der Waals surface area contributed by atoms with Crippen molar-refractivity contribution in [2.45, 2.75) is 82.4 Å². The Balaban J connectivity index is 1.20. The molecule has 1 aromatic rings. The van der Waals surface area contributed by atoms with Gasteiger partial charge in [-0.15, -0.1) is 0 Å². The van der Waals surface area contributed by atoms with Crippen LogP contribution >= 0.6 is 0 Å². The van der Waals surface area contributed by atoms with Crippen LogP contribution in [0, 0.1) is 0 Å². The smallest absolute Gasteiger partial charge is 0.306 e. The van der Waals surface area contributed by atoms with Gasteiger partial charge in [-0.1, -0.05) is 42.5 Å². The molecule has 0 spiro atoms. The van der Waals surface area contributed by atoms with Gasteiger partial charge in [0.2, 0.25) is 0 Å². The Morgan fingerprint density at radius 1 is 1.11 bits per heavy atom. The third-order valence-electron chi connectivity index (χ3n) is 5.41. The molecule has 2 heterocycles. The lowest BCUT2D eigenvalue weighted by Gasteiger charge is -2.21. The van der Waals surface area contributed by atoms with Crippen molar-refractivity contribution < 1.29 is 24.1 Å². The summed E-state index contributed by atoms with van der Waals surface area (Å²) in [6.45, 7) is 1.42. The summed E-state index contributed by atoms with van der Waals surface area (Å²) < 4.78 is 16.9. The highest BCUT2D eigenvalue weighted by Gasteiger charge is 2.39. The summed E-state index contributed by atoms with van der Waals surface area (Å²) in [6.07, 6.45) is 9.99.